The van der Waals surface area contributed by atoms with E-state index >= 15 is 0 Å². The van der Waals surface area contributed by atoms with Crippen molar-refractivity contribution < 1.29 is 14.3 Å². The first kappa shape index (κ1) is 18.0. The van der Waals surface area contributed by atoms with Gasteiger partial charge in [0.15, 0.2) is 0 Å². The predicted octanol–water partition coefficient (Wildman–Crippen LogP) is 4.78. The van der Waals surface area contributed by atoms with Crippen molar-refractivity contribution in [3.05, 3.63) is 46.3 Å². The number of nitrogens with one attached hydrogen (secondary N) is 2. The minimum atomic E-state index is -0.465. The number of esters is 1. The van der Waals surface area contributed by atoms with Crippen LogP contribution >= 0.6 is 11.3 Å². The van der Waals surface area contributed by atoms with Crippen LogP contribution in [0.5, 0.6) is 0 Å². The topological polar surface area (TPSA) is 67.4 Å². The van der Waals surface area contributed by atoms with E-state index < -0.39 is 12.0 Å². The van der Waals surface area contributed by atoms with Crippen molar-refractivity contribution in [2.45, 2.75) is 33.1 Å². The van der Waals surface area contributed by atoms with E-state index in [9.17, 15) is 9.59 Å². The maximum Gasteiger partial charge on any atom is 0.340 e. The maximum atomic E-state index is 12.2. The number of aryl methyl sites for hydroxylation is 1. The molecule has 1 aromatic heterocycles. The van der Waals surface area contributed by atoms with Crippen molar-refractivity contribution in [1.29, 1.82) is 0 Å². The lowest BCUT2D eigenvalue weighted by molar-refractivity contribution is 0.0602. The number of thiophene rings is 1. The number of methoxy groups -OCH3 is 1. The Labute approximate surface area is 146 Å². The minimum Gasteiger partial charge on any atom is -0.465 e. The Balaban J connectivity index is 2.22. The van der Waals surface area contributed by atoms with Gasteiger partial charge in [-0.15, -0.1) is 11.3 Å². The van der Waals surface area contributed by atoms with E-state index in [4.69, 9.17) is 4.74 Å². The van der Waals surface area contributed by atoms with Gasteiger partial charge in [0.05, 0.1) is 12.7 Å². The molecule has 0 bridgehead atoms. The van der Waals surface area contributed by atoms with Gasteiger partial charge in [0.1, 0.15) is 5.00 Å². The first-order valence-corrected chi connectivity index (χ1v) is 8.39. The first-order chi connectivity index (χ1) is 11.2. The molecular weight excluding hydrogens is 324 g/mol. The monoisotopic (exact) mass is 346 g/mol. The summed E-state index contributed by atoms with van der Waals surface area (Å²) in [5.41, 5.74) is 1.99. The number of ether oxygens (including phenoxy) is 1. The largest absolute Gasteiger partial charge is 0.465 e. The molecule has 2 rings (SSSR count). The summed E-state index contributed by atoms with van der Waals surface area (Å²) in [6, 6.07) is 8.88. The average molecular weight is 346 g/mol. The zero-order chi connectivity index (χ0) is 17.9. The number of carbonyl (C=O) groups is 2. The summed E-state index contributed by atoms with van der Waals surface area (Å²) >= 11 is 1.38. The number of hydrogen-bond donors (Lipinski definition) is 2. The second kappa shape index (κ2) is 7.05. The molecule has 2 aromatic rings. The van der Waals surface area contributed by atoms with Crippen molar-refractivity contribution in [2.75, 3.05) is 17.7 Å². The summed E-state index contributed by atoms with van der Waals surface area (Å²) in [6.45, 7) is 8.11. The Bertz CT molecular complexity index is 760. The lowest BCUT2D eigenvalue weighted by Crippen LogP contribution is -2.20. The molecule has 6 heteroatoms. The lowest BCUT2D eigenvalue weighted by Gasteiger charge is -2.15. The van der Waals surface area contributed by atoms with Crippen molar-refractivity contribution in [2.24, 2.45) is 0 Å². The molecule has 0 aliphatic rings. The molecule has 2 N–H and O–H groups in total. The van der Waals surface area contributed by atoms with Crippen molar-refractivity contribution >= 4 is 34.0 Å². The minimum absolute atomic E-state index is 0.125. The standard InChI is InChI=1S/C18H22N2O3S/c1-11-7-6-8-12(9-11)19-17(22)20-15-13(16(21)23-5)10-14(24-15)18(2,3)4/h6-10H,1-5H3,(H2,19,20,22). The van der Waals surface area contributed by atoms with Crippen LogP contribution in [0, 0.1) is 6.92 Å². The average Bonchev–Trinajstić information content (AvgIpc) is 2.90. The van der Waals surface area contributed by atoms with Gasteiger partial charge < -0.3 is 10.1 Å². The molecule has 0 radical (unpaired) electrons. The van der Waals surface area contributed by atoms with E-state index in [-0.39, 0.29) is 5.41 Å². The molecule has 0 saturated heterocycles. The van der Waals surface area contributed by atoms with Crippen LogP contribution in [0.4, 0.5) is 15.5 Å². The van der Waals surface area contributed by atoms with Gasteiger partial charge in [-0.3, -0.25) is 5.32 Å². The zero-order valence-electron chi connectivity index (χ0n) is 14.5. The second-order valence-corrected chi connectivity index (χ2v) is 7.60. The zero-order valence-corrected chi connectivity index (χ0v) is 15.3. The number of amides is 2. The summed E-state index contributed by atoms with van der Waals surface area (Å²) in [5, 5.41) is 6.00. The summed E-state index contributed by atoms with van der Waals surface area (Å²) in [5.74, 6) is -0.465. The van der Waals surface area contributed by atoms with Gasteiger partial charge in [-0.05, 0) is 36.1 Å². The van der Waals surface area contributed by atoms with Gasteiger partial charge >= 0.3 is 12.0 Å². The van der Waals surface area contributed by atoms with Gasteiger partial charge in [0.2, 0.25) is 0 Å². The van der Waals surface area contributed by atoms with Crippen LogP contribution in [-0.2, 0) is 10.2 Å². The number of carbonyl (C=O) groups excluding carboxylic acids is 2. The molecule has 0 saturated carbocycles. The van der Waals surface area contributed by atoms with Crippen molar-refractivity contribution in [3.63, 3.8) is 0 Å². The third-order valence-electron chi connectivity index (χ3n) is 3.38. The van der Waals surface area contributed by atoms with E-state index in [1.165, 1.54) is 18.4 Å². The number of urea groups is 1. The number of anilines is 2. The predicted molar refractivity (Wildman–Crippen MR) is 98.2 cm³/mol. The quantitative estimate of drug-likeness (QED) is 0.786. The van der Waals surface area contributed by atoms with E-state index in [2.05, 4.69) is 31.4 Å². The third-order valence-corrected chi connectivity index (χ3v) is 4.86. The smallest absolute Gasteiger partial charge is 0.340 e. The molecule has 0 fully saturated rings. The molecule has 24 heavy (non-hydrogen) atoms. The molecule has 0 atom stereocenters. The number of hydrogen-bond acceptors (Lipinski definition) is 4. The van der Waals surface area contributed by atoms with Crippen molar-refractivity contribution in [1.82, 2.24) is 0 Å². The second-order valence-electron chi connectivity index (χ2n) is 6.54. The highest BCUT2D eigenvalue weighted by Crippen LogP contribution is 2.36. The molecule has 1 aromatic carbocycles. The highest BCUT2D eigenvalue weighted by Gasteiger charge is 2.24. The fourth-order valence-corrected chi connectivity index (χ4v) is 3.20. The van der Waals surface area contributed by atoms with Gasteiger partial charge in [-0.25, -0.2) is 9.59 Å². The lowest BCUT2D eigenvalue weighted by atomic mass is 9.94. The Hall–Kier alpha value is -2.34. The Morgan fingerprint density at radius 3 is 2.42 bits per heavy atom. The van der Waals surface area contributed by atoms with E-state index in [1.54, 1.807) is 6.07 Å². The molecule has 2 amide bonds. The maximum absolute atomic E-state index is 12.2. The molecule has 1 heterocycles. The van der Waals surface area contributed by atoms with Crippen LogP contribution in [0.15, 0.2) is 30.3 Å². The molecule has 5 nitrogen and oxygen atoms in total. The molecule has 0 aliphatic heterocycles. The van der Waals surface area contributed by atoms with Gasteiger partial charge in [-0.1, -0.05) is 32.9 Å². The van der Waals surface area contributed by atoms with Crippen LogP contribution in [0.25, 0.3) is 0 Å². The molecule has 0 aliphatic carbocycles. The Morgan fingerprint density at radius 1 is 1.12 bits per heavy atom. The van der Waals surface area contributed by atoms with Crippen LogP contribution in [0.1, 0.15) is 41.6 Å². The Kier molecular flexibility index (Phi) is 5.29. The van der Waals surface area contributed by atoms with Gasteiger partial charge in [0, 0.05) is 10.6 Å². The van der Waals surface area contributed by atoms with E-state index in [1.807, 2.05) is 31.2 Å². The summed E-state index contributed by atoms with van der Waals surface area (Å²) in [6.07, 6.45) is 0. The number of benzene rings is 1. The fourth-order valence-electron chi connectivity index (χ4n) is 2.10. The van der Waals surface area contributed by atoms with E-state index in [0.29, 0.717) is 16.3 Å². The van der Waals surface area contributed by atoms with Crippen LogP contribution < -0.4 is 10.6 Å². The summed E-state index contributed by atoms with van der Waals surface area (Å²) < 4.78 is 4.81. The summed E-state index contributed by atoms with van der Waals surface area (Å²) in [4.78, 5) is 25.2. The normalized spacial score (nSPS) is 11.0. The van der Waals surface area contributed by atoms with E-state index in [0.717, 1.165) is 10.4 Å². The molecule has 0 unspecified atom stereocenters. The van der Waals surface area contributed by atoms with Gasteiger partial charge in [-0.2, -0.15) is 0 Å². The molecular formula is C18H22N2O3S. The SMILES string of the molecule is COC(=O)c1cc(C(C)(C)C)sc1NC(=O)Nc1cccc(C)c1. The summed E-state index contributed by atoms with van der Waals surface area (Å²) in [7, 11) is 1.33. The van der Waals surface area contributed by atoms with Crippen LogP contribution in [-0.4, -0.2) is 19.1 Å². The van der Waals surface area contributed by atoms with Crippen molar-refractivity contribution in [3.8, 4) is 0 Å². The molecule has 128 valence electrons. The number of rotatable bonds is 3. The molecule has 0 spiro atoms. The third kappa shape index (κ3) is 4.35. The van der Waals surface area contributed by atoms with Crippen LogP contribution in [0.3, 0.4) is 0 Å². The highest BCUT2D eigenvalue weighted by atomic mass is 32.1. The first-order valence-electron chi connectivity index (χ1n) is 7.58. The van der Waals surface area contributed by atoms with Crippen LogP contribution in [0.2, 0.25) is 0 Å². The fraction of sp³-hybridized carbons (Fsp3) is 0.333. The highest BCUT2D eigenvalue weighted by molar-refractivity contribution is 7.16. The Morgan fingerprint density at radius 2 is 1.83 bits per heavy atom. The van der Waals surface area contributed by atoms with Gasteiger partial charge in [0.25, 0.3) is 0 Å².